The fourth-order valence-corrected chi connectivity index (χ4v) is 3.46. The van der Waals surface area contributed by atoms with Crippen LogP contribution in [0.25, 0.3) is 0 Å². The molecule has 0 aliphatic heterocycles. The van der Waals surface area contributed by atoms with Gasteiger partial charge in [0.1, 0.15) is 6.10 Å². The van der Waals surface area contributed by atoms with Crippen LogP contribution in [0.3, 0.4) is 0 Å². The van der Waals surface area contributed by atoms with Gasteiger partial charge in [-0.3, -0.25) is 4.79 Å². The molecule has 25 heavy (non-hydrogen) atoms. The van der Waals surface area contributed by atoms with Crippen molar-refractivity contribution in [3.8, 4) is 0 Å². The maximum absolute atomic E-state index is 11.6. The van der Waals surface area contributed by atoms with Crippen LogP contribution in [-0.4, -0.2) is 23.3 Å². The van der Waals surface area contributed by atoms with E-state index in [0.717, 1.165) is 50.4 Å². The van der Waals surface area contributed by atoms with Crippen molar-refractivity contribution in [2.75, 3.05) is 0 Å². The third kappa shape index (κ3) is 8.89. The number of aliphatic hydroxyl groups is 1. The Hall–Kier alpha value is -0.830. The van der Waals surface area contributed by atoms with E-state index in [1.54, 1.807) is 0 Å². The highest BCUT2D eigenvalue weighted by atomic mass is 16.6. The first-order valence-electron chi connectivity index (χ1n) is 10.7. The lowest BCUT2D eigenvalue weighted by molar-refractivity contribution is -0.146. The van der Waals surface area contributed by atoms with Crippen molar-refractivity contribution in [3.63, 3.8) is 0 Å². The largest absolute Gasteiger partial charge is 0.462 e. The van der Waals surface area contributed by atoms with E-state index >= 15 is 0 Å². The molecule has 3 unspecified atom stereocenters. The van der Waals surface area contributed by atoms with Crippen LogP contribution in [0, 0.1) is 11.8 Å². The first-order chi connectivity index (χ1) is 12.2. The van der Waals surface area contributed by atoms with Gasteiger partial charge in [-0.2, -0.15) is 0 Å². The maximum atomic E-state index is 11.6. The normalized spacial score (nSPS) is 25.0. The molecular weight excluding hydrogens is 312 g/mol. The van der Waals surface area contributed by atoms with Gasteiger partial charge in [0.15, 0.2) is 0 Å². The Balaban J connectivity index is 1.29. The van der Waals surface area contributed by atoms with Crippen molar-refractivity contribution < 1.29 is 14.6 Å². The average molecular weight is 351 g/mol. The minimum Gasteiger partial charge on any atom is -0.462 e. The number of hydrogen-bond acceptors (Lipinski definition) is 3. The van der Waals surface area contributed by atoms with Gasteiger partial charge in [0.25, 0.3) is 0 Å². The highest BCUT2D eigenvalue weighted by Gasteiger charge is 2.67. The van der Waals surface area contributed by atoms with Crippen molar-refractivity contribution in [1.82, 2.24) is 0 Å². The number of rotatable bonds is 16. The molecule has 3 heteroatoms. The number of ether oxygens (including phenoxy) is 1. The van der Waals surface area contributed by atoms with Gasteiger partial charge in [-0.1, -0.05) is 64.0 Å². The zero-order valence-electron chi connectivity index (χ0n) is 16.1. The molecule has 0 spiro atoms. The molecule has 2 rings (SSSR count). The second kappa shape index (κ2) is 11.7. The summed E-state index contributed by atoms with van der Waals surface area (Å²) >= 11 is 0. The topological polar surface area (TPSA) is 46.5 Å². The van der Waals surface area contributed by atoms with Gasteiger partial charge in [0, 0.05) is 18.3 Å². The van der Waals surface area contributed by atoms with E-state index in [4.69, 9.17) is 4.74 Å². The van der Waals surface area contributed by atoms with Crippen LogP contribution in [0.2, 0.25) is 0 Å². The Bertz CT molecular complexity index is 396. The molecule has 0 amide bonds. The van der Waals surface area contributed by atoms with Crippen molar-refractivity contribution in [2.24, 2.45) is 11.8 Å². The first-order valence-corrected chi connectivity index (χ1v) is 10.7. The van der Waals surface area contributed by atoms with Gasteiger partial charge in [-0.15, -0.1) is 0 Å². The second-order valence-corrected chi connectivity index (χ2v) is 8.03. The zero-order valence-corrected chi connectivity index (χ0v) is 16.1. The van der Waals surface area contributed by atoms with Crippen LogP contribution in [-0.2, 0) is 9.53 Å². The van der Waals surface area contributed by atoms with E-state index in [1.165, 1.54) is 44.9 Å². The molecule has 144 valence electrons. The summed E-state index contributed by atoms with van der Waals surface area (Å²) in [6.07, 6.45) is 19.9. The number of hydrogen-bond donors (Lipinski definition) is 1. The summed E-state index contributed by atoms with van der Waals surface area (Å²) in [6, 6.07) is 0. The fraction of sp³-hybridized carbons (Fsp3) is 0.864. The summed E-state index contributed by atoms with van der Waals surface area (Å²) in [7, 11) is 0. The number of allylic oxidation sites excluding steroid dienone is 1. The predicted molar refractivity (Wildman–Crippen MR) is 102 cm³/mol. The monoisotopic (exact) mass is 350 g/mol. The molecule has 0 radical (unpaired) electrons. The Morgan fingerprint density at radius 3 is 2.48 bits per heavy atom. The van der Waals surface area contributed by atoms with Crippen LogP contribution >= 0.6 is 0 Å². The molecule has 0 aromatic rings. The molecular formula is C22H38O3. The van der Waals surface area contributed by atoms with Crippen LogP contribution in [0.4, 0.5) is 0 Å². The lowest BCUT2D eigenvalue weighted by Crippen LogP contribution is -2.11. The highest BCUT2D eigenvalue weighted by Crippen LogP contribution is 2.64. The summed E-state index contributed by atoms with van der Waals surface area (Å²) in [5.74, 6) is 1.52. The number of unbranched alkanes of at least 4 members (excludes halogenated alkanes) is 8. The first kappa shape index (κ1) is 20.5. The van der Waals surface area contributed by atoms with E-state index in [9.17, 15) is 9.90 Å². The molecule has 0 saturated heterocycles. The van der Waals surface area contributed by atoms with Crippen molar-refractivity contribution in [2.45, 2.75) is 109 Å². The SMILES string of the molecule is CCCCCCC(O)C/C=C\CCCCCCCC(=O)OC1C2CC21. The molecule has 0 heterocycles. The predicted octanol–water partition coefficient (Wildman–Crippen LogP) is 5.56. The standard InChI is InChI=1S/C22H38O3/c1-2-3-4-11-14-18(23)15-12-9-7-5-6-8-10-13-16-21(24)25-22-19-17-20(19)22/h9,12,18-20,22-23H,2-8,10-11,13-17H2,1H3/b12-9-. The Kier molecular flexibility index (Phi) is 9.60. The number of aliphatic hydroxyl groups excluding tert-OH is 1. The zero-order chi connectivity index (χ0) is 17.9. The smallest absolute Gasteiger partial charge is 0.306 e. The van der Waals surface area contributed by atoms with Crippen LogP contribution in [0.1, 0.15) is 96.8 Å². The number of carbonyl (C=O) groups is 1. The Morgan fingerprint density at radius 2 is 1.76 bits per heavy atom. The molecule has 0 bridgehead atoms. The van der Waals surface area contributed by atoms with Crippen molar-refractivity contribution >= 4 is 5.97 Å². The molecule has 2 fully saturated rings. The Morgan fingerprint density at radius 1 is 1.04 bits per heavy atom. The molecule has 3 nitrogen and oxygen atoms in total. The minimum absolute atomic E-state index is 0.0217. The molecule has 3 atom stereocenters. The quantitative estimate of drug-likeness (QED) is 0.225. The van der Waals surface area contributed by atoms with Crippen molar-refractivity contribution in [3.05, 3.63) is 12.2 Å². The maximum Gasteiger partial charge on any atom is 0.306 e. The van der Waals surface area contributed by atoms with Crippen molar-refractivity contribution in [1.29, 1.82) is 0 Å². The lowest BCUT2D eigenvalue weighted by Gasteiger charge is -2.07. The van der Waals surface area contributed by atoms with Crippen LogP contribution in [0.15, 0.2) is 12.2 Å². The molecule has 1 N–H and O–H groups in total. The summed E-state index contributed by atoms with van der Waals surface area (Å²) in [5.41, 5.74) is 0. The van der Waals surface area contributed by atoms with Gasteiger partial charge in [0.2, 0.25) is 0 Å². The second-order valence-electron chi connectivity index (χ2n) is 8.03. The molecule has 2 aliphatic rings. The van der Waals surface area contributed by atoms with Gasteiger partial charge in [-0.25, -0.2) is 0 Å². The number of esters is 1. The van der Waals surface area contributed by atoms with E-state index < -0.39 is 0 Å². The third-order valence-corrected chi connectivity index (χ3v) is 5.58. The number of fused-ring (bicyclic) bond motifs is 1. The molecule has 2 aliphatic carbocycles. The number of carbonyl (C=O) groups excluding carboxylic acids is 1. The van der Waals surface area contributed by atoms with Gasteiger partial charge < -0.3 is 9.84 Å². The third-order valence-electron chi connectivity index (χ3n) is 5.58. The Labute approximate surface area is 154 Å². The van der Waals surface area contributed by atoms with E-state index in [2.05, 4.69) is 19.1 Å². The van der Waals surface area contributed by atoms with E-state index in [1.807, 2.05) is 0 Å². The van der Waals surface area contributed by atoms with Crippen LogP contribution < -0.4 is 0 Å². The summed E-state index contributed by atoms with van der Waals surface area (Å²) in [4.78, 5) is 11.6. The average Bonchev–Trinajstić information content (AvgIpc) is 3.50. The minimum atomic E-state index is -0.158. The summed E-state index contributed by atoms with van der Waals surface area (Å²) in [5, 5.41) is 9.88. The highest BCUT2D eigenvalue weighted by molar-refractivity contribution is 5.70. The molecule has 0 aromatic heterocycles. The molecule has 2 saturated carbocycles. The van der Waals surface area contributed by atoms with E-state index in [0.29, 0.717) is 12.5 Å². The van der Waals surface area contributed by atoms with Gasteiger partial charge >= 0.3 is 5.97 Å². The van der Waals surface area contributed by atoms with Crippen LogP contribution in [0.5, 0.6) is 0 Å². The van der Waals surface area contributed by atoms with Gasteiger partial charge in [-0.05, 0) is 38.5 Å². The molecule has 0 aromatic carbocycles. The fourth-order valence-electron chi connectivity index (χ4n) is 3.46. The summed E-state index contributed by atoms with van der Waals surface area (Å²) in [6.45, 7) is 2.21. The summed E-state index contributed by atoms with van der Waals surface area (Å²) < 4.78 is 5.38. The van der Waals surface area contributed by atoms with E-state index in [-0.39, 0.29) is 12.1 Å². The lowest BCUT2D eigenvalue weighted by atomic mass is 10.1. The van der Waals surface area contributed by atoms with Gasteiger partial charge in [0.05, 0.1) is 6.10 Å².